The number of hydrogen-bond acceptors (Lipinski definition) is 2. The minimum absolute atomic E-state index is 0.0486. The standard InChI is InChI=1S/C19H21Cl2NOS/c1-3-18(15-7-4-13(2)5-8-15)22-19(23)12-24-11-14-6-9-16(20)17(21)10-14/h4-10,18H,3,11-12H2,1-2H3,(H,22,23)/t18-/m1/s1. The van der Waals surface area contributed by atoms with Gasteiger partial charge in [0.2, 0.25) is 5.91 Å². The summed E-state index contributed by atoms with van der Waals surface area (Å²) in [7, 11) is 0. The molecule has 0 spiro atoms. The first-order valence-corrected chi connectivity index (χ1v) is 9.78. The third kappa shape index (κ3) is 5.73. The molecular formula is C19H21Cl2NOS. The Morgan fingerprint density at radius 3 is 2.46 bits per heavy atom. The maximum atomic E-state index is 12.2. The SMILES string of the molecule is CC[C@@H](NC(=O)CSCc1ccc(Cl)c(Cl)c1)c1ccc(C)cc1. The summed E-state index contributed by atoms with van der Waals surface area (Å²) in [5, 5.41) is 4.20. The zero-order valence-corrected chi connectivity index (χ0v) is 16.1. The Bertz CT molecular complexity index is 688. The van der Waals surface area contributed by atoms with Crippen LogP contribution in [-0.2, 0) is 10.5 Å². The minimum atomic E-state index is 0.0486. The van der Waals surface area contributed by atoms with Crippen molar-refractivity contribution in [3.8, 4) is 0 Å². The summed E-state index contributed by atoms with van der Waals surface area (Å²) in [6.45, 7) is 4.14. The Kier molecular flexibility index (Phi) is 7.47. The number of thioether (sulfide) groups is 1. The second-order valence-electron chi connectivity index (χ2n) is 5.68. The van der Waals surface area contributed by atoms with Crippen LogP contribution in [0.15, 0.2) is 42.5 Å². The van der Waals surface area contributed by atoms with Gasteiger partial charge in [-0.15, -0.1) is 11.8 Å². The fourth-order valence-corrected chi connectivity index (χ4v) is 3.45. The van der Waals surface area contributed by atoms with Gasteiger partial charge in [0.25, 0.3) is 0 Å². The van der Waals surface area contributed by atoms with Crippen molar-refractivity contribution in [2.45, 2.75) is 32.1 Å². The Morgan fingerprint density at radius 1 is 1.12 bits per heavy atom. The van der Waals surface area contributed by atoms with E-state index in [0.29, 0.717) is 15.8 Å². The lowest BCUT2D eigenvalue weighted by atomic mass is 10.0. The molecule has 0 fully saturated rings. The highest BCUT2D eigenvalue weighted by Gasteiger charge is 2.12. The van der Waals surface area contributed by atoms with Gasteiger partial charge in [-0.2, -0.15) is 0 Å². The van der Waals surface area contributed by atoms with Gasteiger partial charge in [0, 0.05) is 5.75 Å². The van der Waals surface area contributed by atoms with E-state index in [1.807, 2.05) is 12.1 Å². The molecule has 1 N–H and O–H groups in total. The maximum Gasteiger partial charge on any atom is 0.230 e. The maximum absolute atomic E-state index is 12.2. The third-order valence-electron chi connectivity index (χ3n) is 3.71. The van der Waals surface area contributed by atoms with Gasteiger partial charge < -0.3 is 5.32 Å². The van der Waals surface area contributed by atoms with Crippen LogP contribution in [0.5, 0.6) is 0 Å². The van der Waals surface area contributed by atoms with Crippen LogP contribution in [0.25, 0.3) is 0 Å². The van der Waals surface area contributed by atoms with Gasteiger partial charge in [-0.1, -0.05) is 66.0 Å². The summed E-state index contributed by atoms with van der Waals surface area (Å²) in [6.07, 6.45) is 0.867. The van der Waals surface area contributed by atoms with E-state index < -0.39 is 0 Å². The van der Waals surface area contributed by atoms with E-state index in [1.54, 1.807) is 17.8 Å². The number of halogens is 2. The van der Waals surface area contributed by atoms with Crippen LogP contribution >= 0.6 is 35.0 Å². The number of nitrogens with one attached hydrogen (secondary N) is 1. The first kappa shape index (κ1) is 19.2. The van der Waals surface area contributed by atoms with Crippen LogP contribution in [-0.4, -0.2) is 11.7 Å². The molecule has 5 heteroatoms. The number of hydrogen-bond donors (Lipinski definition) is 1. The molecule has 1 amide bonds. The summed E-state index contributed by atoms with van der Waals surface area (Å²) >= 11 is 13.5. The molecule has 0 aliphatic carbocycles. The molecule has 0 aromatic heterocycles. The van der Waals surface area contributed by atoms with Gasteiger partial charge >= 0.3 is 0 Å². The van der Waals surface area contributed by atoms with E-state index in [-0.39, 0.29) is 11.9 Å². The molecule has 0 radical (unpaired) electrons. The first-order valence-electron chi connectivity index (χ1n) is 7.87. The molecule has 0 saturated heterocycles. The predicted molar refractivity (Wildman–Crippen MR) is 105 cm³/mol. The average Bonchev–Trinajstić information content (AvgIpc) is 2.57. The Balaban J connectivity index is 1.83. The van der Waals surface area contributed by atoms with Crippen LogP contribution < -0.4 is 5.32 Å². The highest BCUT2D eigenvalue weighted by molar-refractivity contribution is 7.99. The average molecular weight is 382 g/mol. The largest absolute Gasteiger partial charge is 0.349 e. The zero-order chi connectivity index (χ0) is 17.5. The van der Waals surface area contributed by atoms with Crippen molar-refractivity contribution in [1.82, 2.24) is 5.32 Å². The number of carbonyl (C=O) groups excluding carboxylic acids is 1. The van der Waals surface area contributed by atoms with Crippen molar-refractivity contribution >= 4 is 40.9 Å². The van der Waals surface area contributed by atoms with E-state index >= 15 is 0 Å². The summed E-state index contributed by atoms with van der Waals surface area (Å²) < 4.78 is 0. The molecule has 0 saturated carbocycles. The number of carbonyl (C=O) groups is 1. The van der Waals surface area contributed by atoms with Crippen molar-refractivity contribution in [2.24, 2.45) is 0 Å². The fraction of sp³-hybridized carbons (Fsp3) is 0.316. The predicted octanol–water partition coefficient (Wildman–Crippen LogP) is 5.80. The number of rotatable bonds is 7. The smallest absolute Gasteiger partial charge is 0.230 e. The van der Waals surface area contributed by atoms with Crippen molar-refractivity contribution in [2.75, 3.05) is 5.75 Å². The number of amides is 1. The summed E-state index contributed by atoms with van der Waals surface area (Å²) in [5.74, 6) is 1.20. The summed E-state index contributed by atoms with van der Waals surface area (Å²) in [6, 6.07) is 13.9. The Labute approximate surface area is 157 Å². The van der Waals surface area contributed by atoms with E-state index in [4.69, 9.17) is 23.2 Å². The van der Waals surface area contributed by atoms with Crippen molar-refractivity contribution < 1.29 is 4.79 Å². The molecule has 2 rings (SSSR count). The molecule has 0 aliphatic heterocycles. The van der Waals surface area contributed by atoms with E-state index in [1.165, 1.54) is 5.56 Å². The van der Waals surface area contributed by atoms with Crippen LogP contribution in [0.4, 0.5) is 0 Å². The quantitative estimate of drug-likeness (QED) is 0.655. The van der Waals surface area contributed by atoms with E-state index in [0.717, 1.165) is 23.3 Å². The molecule has 0 bridgehead atoms. The van der Waals surface area contributed by atoms with Gasteiger partial charge in [-0.3, -0.25) is 4.79 Å². The second kappa shape index (κ2) is 9.36. The molecule has 128 valence electrons. The molecule has 2 aromatic rings. The van der Waals surface area contributed by atoms with Gasteiger partial charge in [0.05, 0.1) is 21.8 Å². The first-order chi connectivity index (χ1) is 11.5. The van der Waals surface area contributed by atoms with Gasteiger partial charge in [0.15, 0.2) is 0 Å². The highest BCUT2D eigenvalue weighted by atomic mass is 35.5. The molecule has 2 aromatic carbocycles. The molecule has 2 nitrogen and oxygen atoms in total. The summed E-state index contributed by atoms with van der Waals surface area (Å²) in [5.41, 5.74) is 3.43. The Morgan fingerprint density at radius 2 is 1.83 bits per heavy atom. The highest BCUT2D eigenvalue weighted by Crippen LogP contribution is 2.25. The number of aryl methyl sites for hydroxylation is 1. The van der Waals surface area contributed by atoms with Gasteiger partial charge in [-0.05, 0) is 36.6 Å². The van der Waals surface area contributed by atoms with Crippen molar-refractivity contribution in [3.05, 3.63) is 69.2 Å². The van der Waals surface area contributed by atoms with Crippen LogP contribution in [0.3, 0.4) is 0 Å². The monoisotopic (exact) mass is 381 g/mol. The molecule has 1 atom stereocenters. The molecule has 0 unspecified atom stereocenters. The topological polar surface area (TPSA) is 29.1 Å². The lowest BCUT2D eigenvalue weighted by molar-refractivity contribution is -0.119. The van der Waals surface area contributed by atoms with E-state index in [9.17, 15) is 4.79 Å². The lowest BCUT2D eigenvalue weighted by Crippen LogP contribution is -2.29. The van der Waals surface area contributed by atoms with Crippen LogP contribution in [0.2, 0.25) is 10.0 Å². The normalized spacial score (nSPS) is 12.0. The second-order valence-corrected chi connectivity index (χ2v) is 7.48. The zero-order valence-electron chi connectivity index (χ0n) is 13.8. The fourth-order valence-electron chi connectivity index (χ4n) is 2.35. The third-order valence-corrected chi connectivity index (χ3v) is 5.45. The minimum Gasteiger partial charge on any atom is -0.349 e. The van der Waals surface area contributed by atoms with E-state index in [2.05, 4.69) is 43.4 Å². The van der Waals surface area contributed by atoms with Crippen molar-refractivity contribution in [1.29, 1.82) is 0 Å². The van der Waals surface area contributed by atoms with Crippen molar-refractivity contribution in [3.63, 3.8) is 0 Å². The Hall–Kier alpha value is -1.16. The number of benzene rings is 2. The van der Waals surface area contributed by atoms with Gasteiger partial charge in [-0.25, -0.2) is 0 Å². The van der Waals surface area contributed by atoms with Gasteiger partial charge in [0.1, 0.15) is 0 Å². The lowest BCUT2D eigenvalue weighted by Gasteiger charge is -2.17. The summed E-state index contributed by atoms with van der Waals surface area (Å²) in [4.78, 5) is 12.2. The van der Waals surface area contributed by atoms with Crippen LogP contribution in [0, 0.1) is 6.92 Å². The van der Waals surface area contributed by atoms with Crippen LogP contribution in [0.1, 0.15) is 36.1 Å². The molecule has 24 heavy (non-hydrogen) atoms. The molecule has 0 heterocycles. The molecule has 0 aliphatic rings. The molecular weight excluding hydrogens is 361 g/mol.